The number of urea groups is 1. The molecule has 1 N–H and O–H groups in total. The molecule has 0 fully saturated rings. The van der Waals surface area contributed by atoms with Crippen LogP contribution in [0.5, 0.6) is 0 Å². The van der Waals surface area contributed by atoms with Gasteiger partial charge in [-0.2, -0.15) is 0 Å². The third-order valence-corrected chi connectivity index (χ3v) is 4.39. The van der Waals surface area contributed by atoms with Crippen LogP contribution >= 0.6 is 0 Å². The van der Waals surface area contributed by atoms with Crippen LogP contribution in [-0.2, 0) is 6.54 Å². The van der Waals surface area contributed by atoms with E-state index in [9.17, 15) is 14.9 Å². The summed E-state index contributed by atoms with van der Waals surface area (Å²) in [6.45, 7) is 2.27. The van der Waals surface area contributed by atoms with E-state index in [4.69, 9.17) is 0 Å². The van der Waals surface area contributed by atoms with E-state index in [1.165, 1.54) is 17.0 Å². The largest absolute Gasteiger partial charge is 0.323 e. The number of nitro groups is 1. The van der Waals surface area contributed by atoms with E-state index in [-0.39, 0.29) is 11.7 Å². The van der Waals surface area contributed by atoms with Gasteiger partial charge in [0.2, 0.25) is 0 Å². The number of carbonyl (C=O) groups is 1. The molecule has 0 radical (unpaired) electrons. The van der Waals surface area contributed by atoms with Crippen molar-refractivity contribution >= 4 is 17.4 Å². The van der Waals surface area contributed by atoms with Gasteiger partial charge >= 0.3 is 6.03 Å². The van der Waals surface area contributed by atoms with Gasteiger partial charge in [-0.15, -0.1) is 0 Å². The number of aryl methyl sites for hydroxylation is 1. The van der Waals surface area contributed by atoms with Crippen molar-refractivity contribution in [2.75, 3.05) is 12.4 Å². The first kappa shape index (κ1) is 19.0. The molecule has 1 heterocycles. The van der Waals surface area contributed by atoms with Crippen LogP contribution in [0.15, 0.2) is 67.0 Å². The Bertz CT molecular complexity index is 988. The molecule has 7 heteroatoms. The van der Waals surface area contributed by atoms with Gasteiger partial charge in [-0.25, -0.2) is 4.79 Å². The number of hydrogen-bond acceptors (Lipinski definition) is 4. The third kappa shape index (κ3) is 4.50. The number of anilines is 1. The maximum absolute atomic E-state index is 12.6. The molecule has 3 rings (SSSR count). The van der Waals surface area contributed by atoms with E-state index in [0.717, 1.165) is 27.9 Å². The molecule has 0 aliphatic rings. The maximum Gasteiger partial charge on any atom is 0.321 e. The first-order chi connectivity index (χ1) is 13.4. The minimum atomic E-state index is -0.446. The van der Waals surface area contributed by atoms with Crippen LogP contribution in [-0.4, -0.2) is 27.9 Å². The van der Waals surface area contributed by atoms with Gasteiger partial charge in [0.15, 0.2) is 0 Å². The van der Waals surface area contributed by atoms with Crippen molar-refractivity contribution in [2.24, 2.45) is 0 Å². The van der Waals surface area contributed by atoms with Crippen LogP contribution < -0.4 is 5.32 Å². The molecular formula is C21H20N4O3. The van der Waals surface area contributed by atoms with Crippen LogP contribution in [0, 0.1) is 17.0 Å². The van der Waals surface area contributed by atoms with Gasteiger partial charge in [0, 0.05) is 49.4 Å². The van der Waals surface area contributed by atoms with Crippen molar-refractivity contribution in [3.05, 3.63) is 88.2 Å². The standard InChI is InChI=1S/C21H20N4O3/c1-15-5-8-17(18-4-3-11-22-13-18)12-20(15)23-21(26)24(2)14-16-6-9-19(10-7-16)25(27)28/h3-13H,14H2,1-2H3,(H,23,26). The number of pyridine rings is 1. The van der Waals surface area contributed by atoms with Crippen LogP contribution in [0.1, 0.15) is 11.1 Å². The lowest BCUT2D eigenvalue weighted by molar-refractivity contribution is -0.384. The zero-order chi connectivity index (χ0) is 20.1. The average Bonchev–Trinajstić information content (AvgIpc) is 2.70. The maximum atomic E-state index is 12.6. The lowest BCUT2D eigenvalue weighted by atomic mass is 10.0. The van der Waals surface area contributed by atoms with Gasteiger partial charge in [-0.1, -0.05) is 30.3 Å². The molecular weight excluding hydrogens is 356 g/mol. The summed E-state index contributed by atoms with van der Waals surface area (Å²) >= 11 is 0. The number of amides is 2. The second kappa shape index (κ2) is 8.30. The van der Waals surface area contributed by atoms with E-state index in [1.807, 2.05) is 37.3 Å². The number of rotatable bonds is 5. The van der Waals surface area contributed by atoms with Gasteiger partial charge < -0.3 is 10.2 Å². The van der Waals surface area contributed by atoms with Gasteiger partial charge in [-0.3, -0.25) is 15.1 Å². The normalized spacial score (nSPS) is 10.4. The highest BCUT2D eigenvalue weighted by Crippen LogP contribution is 2.25. The lowest BCUT2D eigenvalue weighted by Gasteiger charge is -2.19. The summed E-state index contributed by atoms with van der Waals surface area (Å²) in [7, 11) is 1.68. The Kier molecular flexibility index (Phi) is 5.64. The Hall–Kier alpha value is -3.74. The monoisotopic (exact) mass is 376 g/mol. The van der Waals surface area contributed by atoms with Gasteiger partial charge in [0.05, 0.1) is 4.92 Å². The second-order valence-corrected chi connectivity index (χ2v) is 6.48. The van der Waals surface area contributed by atoms with Gasteiger partial charge in [-0.05, 0) is 35.7 Å². The zero-order valence-corrected chi connectivity index (χ0v) is 15.6. The molecule has 0 bridgehead atoms. The zero-order valence-electron chi connectivity index (χ0n) is 15.6. The highest BCUT2D eigenvalue weighted by atomic mass is 16.6. The number of nitrogens with zero attached hydrogens (tertiary/aromatic N) is 3. The van der Waals surface area contributed by atoms with Crippen molar-refractivity contribution in [1.29, 1.82) is 0 Å². The molecule has 0 spiro atoms. The quantitative estimate of drug-likeness (QED) is 0.519. The highest BCUT2D eigenvalue weighted by Gasteiger charge is 2.13. The summed E-state index contributed by atoms with van der Waals surface area (Å²) in [6, 6.07) is 15.6. The SMILES string of the molecule is Cc1ccc(-c2cccnc2)cc1NC(=O)N(C)Cc1ccc([N+](=O)[O-])cc1. The number of carbonyl (C=O) groups excluding carboxylic acids is 1. The second-order valence-electron chi connectivity index (χ2n) is 6.48. The highest BCUT2D eigenvalue weighted by molar-refractivity contribution is 5.91. The number of hydrogen-bond donors (Lipinski definition) is 1. The summed E-state index contributed by atoms with van der Waals surface area (Å²) in [4.78, 5) is 28.5. The van der Waals surface area contributed by atoms with Gasteiger partial charge in [0.25, 0.3) is 5.69 Å². The molecule has 0 aliphatic carbocycles. The molecule has 28 heavy (non-hydrogen) atoms. The number of aromatic nitrogens is 1. The van der Waals surface area contributed by atoms with Crippen LogP contribution in [0.25, 0.3) is 11.1 Å². The smallest absolute Gasteiger partial charge is 0.321 e. The predicted molar refractivity (Wildman–Crippen MR) is 108 cm³/mol. The van der Waals surface area contributed by atoms with Crippen molar-refractivity contribution < 1.29 is 9.72 Å². The fourth-order valence-electron chi connectivity index (χ4n) is 2.75. The fraction of sp³-hybridized carbons (Fsp3) is 0.143. The molecule has 0 aliphatic heterocycles. The molecule has 2 amide bonds. The van der Waals surface area contributed by atoms with Crippen molar-refractivity contribution in [3.63, 3.8) is 0 Å². The summed E-state index contributed by atoms with van der Waals surface area (Å²) < 4.78 is 0. The molecule has 0 unspecified atom stereocenters. The molecule has 1 aromatic heterocycles. The number of non-ortho nitro benzene ring substituents is 1. The average molecular weight is 376 g/mol. The minimum absolute atomic E-state index is 0.0266. The van der Waals surface area contributed by atoms with Crippen molar-refractivity contribution in [2.45, 2.75) is 13.5 Å². The molecule has 3 aromatic rings. The number of nitro benzene ring substituents is 1. The van der Waals surface area contributed by atoms with Gasteiger partial charge in [0.1, 0.15) is 0 Å². The first-order valence-corrected chi connectivity index (χ1v) is 8.70. The summed E-state index contributed by atoms with van der Waals surface area (Å²) in [5.74, 6) is 0. The fourth-order valence-corrected chi connectivity index (χ4v) is 2.75. The Labute approximate surface area is 162 Å². The minimum Gasteiger partial charge on any atom is -0.323 e. The number of benzene rings is 2. The Morgan fingerprint density at radius 2 is 1.89 bits per heavy atom. The third-order valence-electron chi connectivity index (χ3n) is 4.39. The molecule has 0 saturated heterocycles. The topological polar surface area (TPSA) is 88.4 Å². The van der Waals surface area contributed by atoms with Crippen LogP contribution in [0.2, 0.25) is 0 Å². The Balaban J connectivity index is 1.70. The van der Waals surface area contributed by atoms with E-state index in [0.29, 0.717) is 6.54 Å². The van der Waals surface area contributed by atoms with E-state index >= 15 is 0 Å². The Morgan fingerprint density at radius 1 is 1.14 bits per heavy atom. The first-order valence-electron chi connectivity index (χ1n) is 8.70. The van der Waals surface area contributed by atoms with Crippen LogP contribution in [0.4, 0.5) is 16.2 Å². The lowest BCUT2D eigenvalue weighted by Crippen LogP contribution is -2.31. The van der Waals surface area contributed by atoms with E-state index in [2.05, 4.69) is 10.3 Å². The molecule has 0 atom stereocenters. The van der Waals surface area contributed by atoms with Crippen molar-refractivity contribution in [1.82, 2.24) is 9.88 Å². The summed E-state index contributed by atoms with van der Waals surface area (Å²) in [5.41, 5.74) is 4.44. The molecule has 0 saturated carbocycles. The van der Waals surface area contributed by atoms with E-state index in [1.54, 1.807) is 31.6 Å². The summed E-state index contributed by atoms with van der Waals surface area (Å²) in [6.07, 6.45) is 3.49. The molecule has 142 valence electrons. The number of nitrogens with one attached hydrogen (secondary N) is 1. The van der Waals surface area contributed by atoms with E-state index < -0.39 is 4.92 Å². The summed E-state index contributed by atoms with van der Waals surface area (Å²) in [5, 5.41) is 13.7. The molecule has 2 aromatic carbocycles. The van der Waals surface area contributed by atoms with Crippen LogP contribution in [0.3, 0.4) is 0 Å². The van der Waals surface area contributed by atoms with Crippen molar-refractivity contribution in [3.8, 4) is 11.1 Å². The molecule has 7 nitrogen and oxygen atoms in total. The Morgan fingerprint density at radius 3 is 2.54 bits per heavy atom. The predicted octanol–water partition coefficient (Wildman–Crippen LogP) is 4.63.